The highest BCUT2D eigenvalue weighted by Gasteiger charge is 2.26. The average Bonchev–Trinajstić information content (AvgIpc) is 2.80. The molecule has 118 valence electrons. The number of thiophene rings is 1. The van der Waals surface area contributed by atoms with Crippen molar-refractivity contribution in [3.8, 4) is 0 Å². The summed E-state index contributed by atoms with van der Waals surface area (Å²) in [6.45, 7) is 6.56. The van der Waals surface area contributed by atoms with Crippen molar-refractivity contribution in [2.75, 3.05) is 24.7 Å². The molecule has 21 heavy (non-hydrogen) atoms. The Hall–Kier alpha value is -1.76. The molecule has 0 spiro atoms. The number of carbonyl (C=O) groups excluding carboxylic acids is 2. The van der Waals surface area contributed by atoms with Gasteiger partial charge in [0.05, 0.1) is 12.8 Å². The largest absolute Gasteiger partial charge is 0.465 e. The van der Waals surface area contributed by atoms with E-state index in [1.165, 1.54) is 18.4 Å². The summed E-state index contributed by atoms with van der Waals surface area (Å²) in [5, 5.41) is 6.55. The van der Waals surface area contributed by atoms with E-state index < -0.39 is 5.97 Å². The van der Waals surface area contributed by atoms with Crippen molar-refractivity contribution in [1.29, 1.82) is 0 Å². The van der Waals surface area contributed by atoms with Gasteiger partial charge in [-0.3, -0.25) is 4.79 Å². The van der Waals surface area contributed by atoms with Crippen molar-refractivity contribution >= 4 is 33.9 Å². The molecule has 0 aromatic carbocycles. The van der Waals surface area contributed by atoms with Gasteiger partial charge in [0.25, 0.3) is 5.91 Å². The number of nitrogen functional groups attached to an aromatic ring is 1. The van der Waals surface area contributed by atoms with Crippen LogP contribution in [-0.2, 0) is 4.74 Å². The van der Waals surface area contributed by atoms with Gasteiger partial charge < -0.3 is 21.1 Å². The van der Waals surface area contributed by atoms with Crippen LogP contribution >= 0.6 is 11.3 Å². The Morgan fingerprint density at radius 3 is 2.57 bits per heavy atom. The lowest BCUT2D eigenvalue weighted by Crippen LogP contribution is -2.24. The summed E-state index contributed by atoms with van der Waals surface area (Å²) in [6.07, 6.45) is 1.72. The molecular formula is C14H23N3O3S. The molecule has 1 heterocycles. The maximum atomic E-state index is 12.1. The lowest BCUT2D eigenvalue weighted by atomic mass is 10.2. The number of nitrogens with one attached hydrogen (secondary N) is 2. The predicted molar refractivity (Wildman–Crippen MR) is 86.1 cm³/mol. The summed E-state index contributed by atoms with van der Waals surface area (Å²) >= 11 is 1.18. The Morgan fingerprint density at radius 1 is 1.38 bits per heavy atom. The molecule has 0 radical (unpaired) electrons. The summed E-state index contributed by atoms with van der Waals surface area (Å²) in [4.78, 5) is 24.3. The van der Waals surface area contributed by atoms with E-state index in [1.807, 2.05) is 20.8 Å². The van der Waals surface area contributed by atoms with E-state index in [0.29, 0.717) is 16.4 Å². The second kappa shape index (κ2) is 7.87. The van der Waals surface area contributed by atoms with E-state index in [-0.39, 0.29) is 23.2 Å². The SMILES string of the molecule is CCCNC(=O)c1sc(NC(C)CC)c(C(=O)OC)c1N. The van der Waals surface area contributed by atoms with Crippen LogP contribution < -0.4 is 16.4 Å². The highest BCUT2D eigenvalue weighted by molar-refractivity contribution is 7.19. The van der Waals surface area contributed by atoms with Gasteiger partial charge in [0.2, 0.25) is 0 Å². The minimum atomic E-state index is -0.538. The van der Waals surface area contributed by atoms with E-state index in [4.69, 9.17) is 10.5 Å². The number of anilines is 2. The van der Waals surface area contributed by atoms with Gasteiger partial charge in [-0.15, -0.1) is 11.3 Å². The molecule has 0 fully saturated rings. The van der Waals surface area contributed by atoms with Crippen molar-refractivity contribution in [2.24, 2.45) is 0 Å². The quantitative estimate of drug-likeness (QED) is 0.672. The fourth-order valence-corrected chi connectivity index (χ4v) is 2.80. The first-order valence-corrected chi connectivity index (χ1v) is 7.83. The number of esters is 1. The summed E-state index contributed by atoms with van der Waals surface area (Å²) in [5.41, 5.74) is 6.39. The lowest BCUT2D eigenvalue weighted by molar-refractivity contribution is 0.0603. The molecule has 0 aliphatic heterocycles. The summed E-state index contributed by atoms with van der Waals surface area (Å²) in [7, 11) is 1.29. The zero-order valence-electron chi connectivity index (χ0n) is 12.9. The Kier molecular flexibility index (Phi) is 6.48. The molecule has 0 saturated carbocycles. The number of ether oxygens (including phenoxy) is 1. The summed E-state index contributed by atoms with van der Waals surface area (Å²) in [6, 6.07) is 0.165. The Labute approximate surface area is 129 Å². The highest BCUT2D eigenvalue weighted by atomic mass is 32.1. The average molecular weight is 313 g/mol. The van der Waals surface area contributed by atoms with Gasteiger partial charge in [-0.2, -0.15) is 0 Å². The fraction of sp³-hybridized carbons (Fsp3) is 0.571. The molecule has 0 aliphatic carbocycles. The predicted octanol–water partition coefficient (Wildman–Crippen LogP) is 2.47. The number of methoxy groups -OCH3 is 1. The van der Waals surface area contributed by atoms with Crippen LogP contribution in [0.3, 0.4) is 0 Å². The first-order chi connectivity index (χ1) is 9.96. The maximum Gasteiger partial charge on any atom is 0.343 e. The van der Waals surface area contributed by atoms with Gasteiger partial charge in [0, 0.05) is 12.6 Å². The Bertz CT molecular complexity index is 514. The van der Waals surface area contributed by atoms with Crippen LogP contribution in [0, 0.1) is 0 Å². The van der Waals surface area contributed by atoms with Crippen LogP contribution in [0.1, 0.15) is 53.6 Å². The van der Waals surface area contributed by atoms with Gasteiger partial charge in [-0.05, 0) is 19.8 Å². The second-order valence-corrected chi connectivity index (χ2v) is 5.77. The van der Waals surface area contributed by atoms with Gasteiger partial charge in [-0.1, -0.05) is 13.8 Å². The van der Waals surface area contributed by atoms with E-state index in [2.05, 4.69) is 10.6 Å². The number of hydrogen-bond donors (Lipinski definition) is 3. The molecule has 7 heteroatoms. The standard InChI is InChI=1S/C14H23N3O3S/c1-5-7-16-12(18)11-10(15)9(14(19)20-4)13(21-11)17-8(3)6-2/h8,17H,5-7,15H2,1-4H3,(H,16,18). The van der Waals surface area contributed by atoms with Crippen molar-refractivity contribution < 1.29 is 14.3 Å². The zero-order chi connectivity index (χ0) is 16.0. The van der Waals surface area contributed by atoms with Crippen LogP contribution in [0.25, 0.3) is 0 Å². The summed E-state index contributed by atoms with van der Waals surface area (Å²) < 4.78 is 4.76. The third-order valence-corrected chi connectivity index (χ3v) is 4.20. The molecule has 1 aromatic rings. The van der Waals surface area contributed by atoms with E-state index >= 15 is 0 Å². The van der Waals surface area contributed by atoms with E-state index in [1.54, 1.807) is 0 Å². The van der Waals surface area contributed by atoms with Crippen LogP contribution in [0.5, 0.6) is 0 Å². The van der Waals surface area contributed by atoms with Crippen molar-refractivity contribution in [3.63, 3.8) is 0 Å². The molecular weight excluding hydrogens is 290 g/mol. The smallest absolute Gasteiger partial charge is 0.343 e. The first-order valence-electron chi connectivity index (χ1n) is 7.01. The third kappa shape index (κ3) is 4.10. The van der Waals surface area contributed by atoms with Gasteiger partial charge >= 0.3 is 5.97 Å². The number of hydrogen-bond acceptors (Lipinski definition) is 6. The molecule has 4 N–H and O–H groups in total. The fourth-order valence-electron chi connectivity index (χ4n) is 1.66. The lowest BCUT2D eigenvalue weighted by Gasteiger charge is -2.12. The van der Waals surface area contributed by atoms with Gasteiger partial charge in [-0.25, -0.2) is 4.79 Å². The molecule has 1 amide bonds. The number of carbonyl (C=O) groups is 2. The minimum absolute atomic E-state index is 0.165. The molecule has 1 unspecified atom stereocenters. The molecule has 1 rings (SSSR count). The number of rotatable bonds is 7. The topological polar surface area (TPSA) is 93.5 Å². The Balaban J connectivity index is 3.17. The van der Waals surface area contributed by atoms with E-state index in [9.17, 15) is 9.59 Å². The van der Waals surface area contributed by atoms with Crippen LogP contribution in [-0.4, -0.2) is 31.6 Å². The van der Waals surface area contributed by atoms with E-state index in [0.717, 1.165) is 12.8 Å². The normalized spacial score (nSPS) is 11.8. The Morgan fingerprint density at radius 2 is 2.05 bits per heavy atom. The summed E-state index contributed by atoms with van der Waals surface area (Å²) in [5.74, 6) is -0.800. The zero-order valence-corrected chi connectivity index (χ0v) is 13.7. The highest BCUT2D eigenvalue weighted by Crippen LogP contribution is 2.36. The van der Waals surface area contributed by atoms with Crippen molar-refractivity contribution in [1.82, 2.24) is 5.32 Å². The number of amides is 1. The van der Waals surface area contributed by atoms with Crippen LogP contribution in [0.2, 0.25) is 0 Å². The minimum Gasteiger partial charge on any atom is -0.465 e. The van der Waals surface area contributed by atoms with Crippen LogP contribution in [0.15, 0.2) is 0 Å². The monoisotopic (exact) mass is 313 g/mol. The van der Waals surface area contributed by atoms with Crippen LogP contribution in [0.4, 0.5) is 10.7 Å². The van der Waals surface area contributed by atoms with Crippen molar-refractivity contribution in [2.45, 2.75) is 39.7 Å². The first kappa shape index (κ1) is 17.3. The van der Waals surface area contributed by atoms with Crippen molar-refractivity contribution in [3.05, 3.63) is 10.4 Å². The number of nitrogens with two attached hydrogens (primary N) is 1. The maximum absolute atomic E-state index is 12.1. The van der Waals surface area contributed by atoms with Gasteiger partial charge in [0.1, 0.15) is 15.4 Å². The molecule has 1 atom stereocenters. The molecule has 6 nitrogen and oxygen atoms in total. The second-order valence-electron chi connectivity index (χ2n) is 4.75. The van der Waals surface area contributed by atoms with Gasteiger partial charge in [0.15, 0.2) is 0 Å². The molecule has 0 saturated heterocycles. The molecule has 0 bridgehead atoms. The molecule has 1 aromatic heterocycles. The molecule has 0 aliphatic rings. The third-order valence-electron chi connectivity index (χ3n) is 3.07.